The molecule has 1 N–H and O–H groups in total. The highest BCUT2D eigenvalue weighted by Gasteiger charge is 2.25. The topological polar surface area (TPSA) is 65.6 Å². The maximum atomic E-state index is 13.4. The fourth-order valence-electron chi connectivity index (χ4n) is 4.24. The predicted octanol–water partition coefficient (Wildman–Crippen LogP) is 4.00. The summed E-state index contributed by atoms with van der Waals surface area (Å²) in [6.07, 6.45) is 2.75. The number of aromatic nitrogens is 2. The summed E-state index contributed by atoms with van der Waals surface area (Å²) >= 11 is 6.25. The van der Waals surface area contributed by atoms with Crippen molar-refractivity contribution in [3.8, 4) is 11.5 Å². The molecule has 1 aromatic heterocycles. The Hall–Kier alpha value is -2.44. The first-order chi connectivity index (χ1) is 14.0. The van der Waals surface area contributed by atoms with Gasteiger partial charge < -0.3 is 14.6 Å². The molecule has 4 rings (SSSR count). The van der Waals surface area contributed by atoms with Crippen LogP contribution in [0, 0.1) is 0 Å². The molecular formula is C22H25ClN2O4. The van der Waals surface area contributed by atoms with Gasteiger partial charge in [0.15, 0.2) is 11.5 Å². The van der Waals surface area contributed by atoms with E-state index in [0.29, 0.717) is 35.9 Å². The number of hydrogen-bond donors (Lipinski definition) is 1. The van der Waals surface area contributed by atoms with Gasteiger partial charge in [-0.2, -0.15) is 0 Å². The van der Waals surface area contributed by atoms with Gasteiger partial charge in [-0.05, 0) is 61.6 Å². The standard InChI is InChI=1S/C22H25ClN2O4/c1-28-20-10-3-14(11-21(20)29-2)13-24-19-12-15(23)4-9-18(19)25(22(24)27)16-5-7-17(26)8-6-16/h3-4,9-12,16-17,26H,5-8,13H2,1-2H3. The minimum absolute atomic E-state index is 0.0570. The van der Waals surface area contributed by atoms with Crippen molar-refractivity contribution in [2.75, 3.05) is 14.2 Å². The predicted molar refractivity (Wildman–Crippen MR) is 113 cm³/mol. The monoisotopic (exact) mass is 416 g/mol. The molecule has 0 saturated heterocycles. The van der Waals surface area contributed by atoms with E-state index in [2.05, 4.69) is 0 Å². The fourth-order valence-corrected chi connectivity index (χ4v) is 4.40. The van der Waals surface area contributed by atoms with E-state index in [4.69, 9.17) is 21.1 Å². The van der Waals surface area contributed by atoms with Crippen LogP contribution in [-0.4, -0.2) is 34.6 Å². The zero-order valence-electron chi connectivity index (χ0n) is 16.6. The fraction of sp³-hybridized carbons (Fsp3) is 0.409. The van der Waals surface area contributed by atoms with Crippen molar-refractivity contribution in [2.24, 2.45) is 0 Å². The van der Waals surface area contributed by atoms with Crippen molar-refractivity contribution >= 4 is 22.6 Å². The summed E-state index contributed by atoms with van der Waals surface area (Å²) in [5.41, 5.74) is 2.56. The van der Waals surface area contributed by atoms with E-state index in [1.807, 2.05) is 41.0 Å². The van der Waals surface area contributed by atoms with Crippen LogP contribution in [-0.2, 0) is 6.54 Å². The Morgan fingerprint density at radius 3 is 2.41 bits per heavy atom. The maximum Gasteiger partial charge on any atom is 0.329 e. The first-order valence-electron chi connectivity index (χ1n) is 9.81. The Morgan fingerprint density at radius 1 is 1.00 bits per heavy atom. The highest BCUT2D eigenvalue weighted by atomic mass is 35.5. The van der Waals surface area contributed by atoms with Crippen LogP contribution >= 0.6 is 11.6 Å². The molecule has 0 atom stereocenters. The summed E-state index contributed by atoms with van der Waals surface area (Å²) in [5.74, 6) is 1.27. The number of fused-ring (bicyclic) bond motifs is 1. The number of aliphatic hydroxyl groups excluding tert-OH is 1. The molecule has 0 spiro atoms. The number of hydrogen-bond acceptors (Lipinski definition) is 4. The van der Waals surface area contributed by atoms with E-state index in [9.17, 15) is 9.90 Å². The van der Waals surface area contributed by atoms with Crippen molar-refractivity contribution in [2.45, 2.75) is 44.4 Å². The van der Waals surface area contributed by atoms with E-state index in [1.54, 1.807) is 18.8 Å². The van der Waals surface area contributed by atoms with Gasteiger partial charge in [-0.25, -0.2) is 4.79 Å². The lowest BCUT2D eigenvalue weighted by atomic mass is 9.93. The molecule has 1 aliphatic rings. The van der Waals surface area contributed by atoms with Crippen LogP contribution in [0.25, 0.3) is 11.0 Å². The molecule has 0 amide bonds. The van der Waals surface area contributed by atoms with Gasteiger partial charge >= 0.3 is 5.69 Å². The summed E-state index contributed by atoms with van der Waals surface area (Å²) in [4.78, 5) is 13.4. The lowest BCUT2D eigenvalue weighted by Gasteiger charge is -2.26. The van der Waals surface area contributed by atoms with Crippen LogP contribution in [0.4, 0.5) is 0 Å². The first kappa shape index (κ1) is 19.9. The average molecular weight is 417 g/mol. The van der Waals surface area contributed by atoms with Crippen LogP contribution in [0.1, 0.15) is 37.3 Å². The summed E-state index contributed by atoms with van der Waals surface area (Å²) in [5, 5.41) is 10.4. The number of benzene rings is 2. The maximum absolute atomic E-state index is 13.4. The van der Waals surface area contributed by atoms with E-state index >= 15 is 0 Å². The molecule has 154 valence electrons. The Balaban J connectivity index is 1.79. The molecule has 0 bridgehead atoms. The number of ether oxygens (including phenoxy) is 2. The molecule has 1 heterocycles. The molecule has 1 saturated carbocycles. The second-order valence-corrected chi connectivity index (χ2v) is 7.96. The second kappa shape index (κ2) is 8.13. The largest absolute Gasteiger partial charge is 0.493 e. The van der Waals surface area contributed by atoms with Crippen molar-refractivity contribution in [3.05, 3.63) is 57.5 Å². The lowest BCUT2D eigenvalue weighted by Crippen LogP contribution is -2.31. The Bertz CT molecular complexity index is 1080. The third-order valence-electron chi connectivity index (χ3n) is 5.74. The summed E-state index contributed by atoms with van der Waals surface area (Å²) in [6.45, 7) is 0.401. The number of imidazole rings is 1. The summed E-state index contributed by atoms with van der Waals surface area (Å²) in [6, 6.07) is 11.3. The minimum Gasteiger partial charge on any atom is -0.493 e. The summed E-state index contributed by atoms with van der Waals surface area (Å²) in [7, 11) is 3.19. The molecular weight excluding hydrogens is 392 g/mol. The molecule has 29 heavy (non-hydrogen) atoms. The lowest BCUT2D eigenvalue weighted by molar-refractivity contribution is 0.110. The van der Waals surface area contributed by atoms with Crippen LogP contribution in [0.5, 0.6) is 11.5 Å². The molecule has 3 aromatic rings. The van der Waals surface area contributed by atoms with Gasteiger partial charge in [0.25, 0.3) is 0 Å². The molecule has 0 unspecified atom stereocenters. The highest BCUT2D eigenvalue weighted by Crippen LogP contribution is 2.32. The molecule has 1 aliphatic carbocycles. The minimum atomic E-state index is -0.267. The highest BCUT2D eigenvalue weighted by molar-refractivity contribution is 6.31. The number of rotatable bonds is 5. The van der Waals surface area contributed by atoms with E-state index in [0.717, 1.165) is 29.4 Å². The van der Waals surface area contributed by atoms with Crippen LogP contribution < -0.4 is 15.2 Å². The third kappa shape index (κ3) is 3.74. The zero-order chi connectivity index (χ0) is 20.5. The molecule has 2 aromatic carbocycles. The molecule has 0 aliphatic heterocycles. The third-order valence-corrected chi connectivity index (χ3v) is 5.98. The van der Waals surface area contributed by atoms with Gasteiger partial charge in [0, 0.05) is 11.1 Å². The van der Waals surface area contributed by atoms with Gasteiger partial charge in [-0.15, -0.1) is 0 Å². The van der Waals surface area contributed by atoms with Gasteiger partial charge in [-0.1, -0.05) is 17.7 Å². The van der Waals surface area contributed by atoms with E-state index in [1.165, 1.54) is 0 Å². The van der Waals surface area contributed by atoms with Crippen molar-refractivity contribution < 1.29 is 14.6 Å². The van der Waals surface area contributed by atoms with Crippen LogP contribution in [0.3, 0.4) is 0 Å². The zero-order valence-corrected chi connectivity index (χ0v) is 17.4. The molecule has 7 heteroatoms. The Labute approximate surface area is 174 Å². The molecule has 0 radical (unpaired) electrons. The second-order valence-electron chi connectivity index (χ2n) is 7.52. The van der Waals surface area contributed by atoms with E-state index < -0.39 is 0 Å². The number of nitrogens with zero attached hydrogens (tertiary/aromatic N) is 2. The van der Waals surface area contributed by atoms with Gasteiger partial charge in [0.05, 0.1) is 37.9 Å². The average Bonchev–Trinajstić information content (AvgIpc) is 2.99. The molecule has 6 nitrogen and oxygen atoms in total. The first-order valence-corrected chi connectivity index (χ1v) is 10.2. The van der Waals surface area contributed by atoms with Crippen LogP contribution in [0.2, 0.25) is 5.02 Å². The quantitative estimate of drug-likeness (QED) is 0.682. The van der Waals surface area contributed by atoms with Gasteiger partial charge in [0.1, 0.15) is 0 Å². The van der Waals surface area contributed by atoms with Crippen molar-refractivity contribution in [1.29, 1.82) is 0 Å². The molecule has 1 fully saturated rings. The Morgan fingerprint density at radius 2 is 1.72 bits per heavy atom. The Kier molecular flexibility index (Phi) is 5.56. The van der Waals surface area contributed by atoms with Gasteiger partial charge in [0.2, 0.25) is 0 Å². The number of halogens is 1. The van der Waals surface area contributed by atoms with E-state index in [-0.39, 0.29) is 17.8 Å². The van der Waals surface area contributed by atoms with Crippen molar-refractivity contribution in [3.63, 3.8) is 0 Å². The van der Waals surface area contributed by atoms with Crippen molar-refractivity contribution in [1.82, 2.24) is 9.13 Å². The number of aliphatic hydroxyl groups is 1. The van der Waals surface area contributed by atoms with Crippen LogP contribution in [0.15, 0.2) is 41.2 Å². The normalized spacial score (nSPS) is 19.4. The van der Waals surface area contributed by atoms with Gasteiger partial charge in [-0.3, -0.25) is 9.13 Å². The smallest absolute Gasteiger partial charge is 0.329 e. The number of methoxy groups -OCH3 is 2. The SMILES string of the molecule is COc1ccc(Cn2c(=O)n(C3CCC(O)CC3)c3ccc(Cl)cc32)cc1OC. The summed E-state index contributed by atoms with van der Waals surface area (Å²) < 4.78 is 14.3.